The molecule has 1 aromatic rings. The van der Waals surface area contributed by atoms with E-state index < -0.39 is 10.0 Å². The highest BCUT2D eigenvalue weighted by Gasteiger charge is 2.25. The number of unbranched alkanes of at least 4 members (excludes halogenated alkanes) is 1. The second-order valence-electron chi connectivity index (χ2n) is 4.82. The average Bonchev–Trinajstić information content (AvgIpc) is 2.59. The Labute approximate surface area is 127 Å². The van der Waals surface area contributed by atoms with E-state index >= 15 is 0 Å². The van der Waals surface area contributed by atoms with Crippen molar-refractivity contribution in [2.45, 2.75) is 51.0 Å². The Hall–Kier alpha value is -0.630. The van der Waals surface area contributed by atoms with Crippen LogP contribution in [-0.4, -0.2) is 30.8 Å². The highest BCUT2D eigenvalue weighted by molar-refractivity contribution is 7.89. The third kappa shape index (κ3) is 4.44. The summed E-state index contributed by atoms with van der Waals surface area (Å²) in [5, 5.41) is 4.14. The number of rotatable bonds is 7. The number of sulfonamides is 1. The van der Waals surface area contributed by atoms with Crippen molar-refractivity contribution in [1.29, 1.82) is 0 Å². The summed E-state index contributed by atoms with van der Waals surface area (Å²) in [4.78, 5) is 0.268. The van der Waals surface area contributed by atoms with Crippen LogP contribution in [0.4, 0.5) is 0 Å². The Morgan fingerprint density at radius 2 is 2.00 bits per heavy atom. The van der Waals surface area contributed by atoms with Gasteiger partial charge in [0.05, 0.1) is 11.4 Å². The van der Waals surface area contributed by atoms with Gasteiger partial charge in [0.25, 0.3) is 0 Å². The average molecular weight is 325 g/mol. The maximum atomic E-state index is 12.4. The largest absolute Gasteiger partial charge is 0.329 e. The van der Waals surface area contributed by atoms with Gasteiger partial charge in [-0.2, -0.15) is 5.10 Å². The second kappa shape index (κ2) is 7.97. The fourth-order valence-electron chi connectivity index (χ4n) is 2.10. The van der Waals surface area contributed by atoms with Crippen LogP contribution in [0.2, 0.25) is 0 Å². The standard InChI is InChI=1S/C12H24N4O2S.ClH/c1-5-6-7-11(8-13)15-19(17,18)12-9(2)14-16(4)10(12)3;/h11,15H,5-8,13H2,1-4H3;1H. The number of aryl methyl sites for hydroxylation is 2. The fourth-order valence-corrected chi connectivity index (χ4v) is 3.82. The van der Waals surface area contributed by atoms with E-state index in [0.717, 1.165) is 19.3 Å². The topological polar surface area (TPSA) is 90.0 Å². The van der Waals surface area contributed by atoms with Crippen molar-refractivity contribution in [3.05, 3.63) is 11.4 Å². The molecule has 0 aliphatic heterocycles. The predicted octanol–water partition coefficient (Wildman–Crippen LogP) is 1.25. The smallest absolute Gasteiger partial charge is 0.244 e. The Kier molecular flexibility index (Phi) is 7.72. The lowest BCUT2D eigenvalue weighted by Crippen LogP contribution is -2.40. The van der Waals surface area contributed by atoms with E-state index in [1.165, 1.54) is 0 Å². The second-order valence-corrected chi connectivity index (χ2v) is 6.47. The van der Waals surface area contributed by atoms with Gasteiger partial charge in [0, 0.05) is 19.6 Å². The molecule has 1 heterocycles. The summed E-state index contributed by atoms with van der Waals surface area (Å²) in [6.45, 7) is 5.82. The molecule has 1 atom stereocenters. The van der Waals surface area contributed by atoms with Gasteiger partial charge >= 0.3 is 0 Å². The monoisotopic (exact) mass is 324 g/mol. The Bertz CT molecular complexity index is 528. The number of nitrogens with two attached hydrogens (primary N) is 1. The minimum atomic E-state index is -3.56. The van der Waals surface area contributed by atoms with Crippen molar-refractivity contribution >= 4 is 22.4 Å². The zero-order valence-electron chi connectivity index (χ0n) is 12.5. The van der Waals surface area contributed by atoms with Crippen LogP contribution >= 0.6 is 12.4 Å². The number of nitrogens with one attached hydrogen (secondary N) is 1. The molecule has 0 aliphatic carbocycles. The van der Waals surface area contributed by atoms with E-state index in [9.17, 15) is 8.42 Å². The number of hydrogen-bond donors (Lipinski definition) is 2. The summed E-state index contributed by atoms with van der Waals surface area (Å²) in [5.41, 5.74) is 6.78. The Morgan fingerprint density at radius 3 is 2.40 bits per heavy atom. The first kappa shape index (κ1) is 19.4. The van der Waals surface area contributed by atoms with E-state index in [4.69, 9.17) is 5.73 Å². The van der Waals surface area contributed by atoms with E-state index in [1.807, 2.05) is 0 Å². The number of halogens is 1. The molecule has 3 N–H and O–H groups in total. The maximum absolute atomic E-state index is 12.4. The molecule has 20 heavy (non-hydrogen) atoms. The van der Waals surface area contributed by atoms with Crippen molar-refractivity contribution in [1.82, 2.24) is 14.5 Å². The molecule has 118 valence electrons. The van der Waals surface area contributed by atoms with Crippen LogP contribution in [0.1, 0.15) is 37.6 Å². The van der Waals surface area contributed by atoms with Crippen LogP contribution in [-0.2, 0) is 17.1 Å². The van der Waals surface area contributed by atoms with Gasteiger partial charge in [0.15, 0.2) is 0 Å². The molecule has 6 nitrogen and oxygen atoms in total. The van der Waals surface area contributed by atoms with Crippen LogP contribution in [0.3, 0.4) is 0 Å². The first-order valence-electron chi connectivity index (χ1n) is 6.56. The maximum Gasteiger partial charge on any atom is 0.244 e. The minimum Gasteiger partial charge on any atom is -0.329 e. The van der Waals surface area contributed by atoms with Crippen molar-refractivity contribution in [2.75, 3.05) is 6.54 Å². The molecule has 0 aromatic carbocycles. The first-order valence-corrected chi connectivity index (χ1v) is 8.04. The highest BCUT2D eigenvalue weighted by atomic mass is 35.5. The normalized spacial score (nSPS) is 13.1. The number of aromatic nitrogens is 2. The molecule has 8 heteroatoms. The number of hydrogen-bond acceptors (Lipinski definition) is 4. The van der Waals surface area contributed by atoms with Crippen LogP contribution in [0.25, 0.3) is 0 Å². The summed E-state index contributed by atoms with van der Waals surface area (Å²) in [5.74, 6) is 0. The van der Waals surface area contributed by atoms with Crippen LogP contribution in [0, 0.1) is 13.8 Å². The lowest BCUT2D eigenvalue weighted by Gasteiger charge is -2.16. The van der Waals surface area contributed by atoms with E-state index in [2.05, 4.69) is 16.7 Å². The van der Waals surface area contributed by atoms with Crippen LogP contribution < -0.4 is 10.5 Å². The van der Waals surface area contributed by atoms with Gasteiger partial charge in [-0.05, 0) is 20.3 Å². The lowest BCUT2D eigenvalue weighted by molar-refractivity contribution is 0.515. The van der Waals surface area contributed by atoms with Gasteiger partial charge in [-0.25, -0.2) is 13.1 Å². The van der Waals surface area contributed by atoms with Gasteiger partial charge in [-0.15, -0.1) is 12.4 Å². The third-order valence-electron chi connectivity index (χ3n) is 3.22. The molecule has 0 saturated carbocycles. The predicted molar refractivity (Wildman–Crippen MR) is 82.6 cm³/mol. The molecule has 0 aliphatic rings. The summed E-state index contributed by atoms with van der Waals surface area (Å²) in [7, 11) is -1.82. The van der Waals surface area contributed by atoms with E-state index in [1.54, 1.807) is 25.6 Å². The molecule has 0 bridgehead atoms. The molecule has 0 radical (unpaired) electrons. The van der Waals surface area contributed by atoms with Gasteiger partial charge in [0.1, 0.15) is 4.90 Å². The molecule has 0 spiro atoms. The molecule has 0 amide bonds. The SMILES string of the molecule is CCCCC(CN)NS(=O)(=O)c1c(C)nn(C)c1C.Cl. The fraction of sp³-hybridized carbons (Fsp3) is 0.750. The van der Waals surface area contributed by atoms with Crippen molar-refractivity contribution in [3.8, 4) is 0 Å². The van der Waals surface area contributed by atoms with Crippen molar-refractivity contribution < 1.29 is 8.42 Å². The number of nitrogens with zero attached hydrogens (tertiary/aromatic N) is 2. The highest BCUT2D eigenvalue weighted by Crippen LogP contribution is 2.19. The minimum absolute atomic E-state index is 0. The third-order valence-corrected chi connectivity index (χ3v) is 5.00. The zero-order chi connectivity index (χ0) is 14.6. The molecule has 0 saturated heterocycles. The quantitative estimate of drug-likeness (QED) is 0.790. The van der Waals surface area contributed by atoms with Gasteiger partial charge in [-0.3, -0.25) is 4.68 Å². The zero-order valence-corrected chi connectivity index (χ0v) is 14.1. The van der Waals surface area contributed by atoms with Gasteiger partial charge in [0.2, 0.25) is 10.0 Å². The summed E-state index contributed by atoms with van der Waals surface area (Å²) in [6.07, 6.45) is 2.73. The lowest BCUT2D eigenvalue weighted by atomic mass is 10.1. The van der Waals surface area contributed by atoms with Gasteiger partial charge in [-0.1, -0.05) is 19.8 Å². The molecule has 1 aromatic heterocycles. The van der Waals surface area contributed by atoms with Crippen LogP contribution in [0.15, 0.2) is 4.90 Å². The first-order chi connectivity index (χ1) is 8.83. The van der Waals surface area contributed by atoms with E-state index in [-0.39, 0.29) is 23.3 Å². The molecule has 0 fully saturated rings. The summed E-state index contributed by atoms with van der Waals surface area (Å²) >= 11 is 0. The summed E-state index contributed by atoms with van der Waals surface area (Å²) in [6, 6.07) is -0.219. The van der Waals surface area contributed by atoms with Crippen molar-refractivity contribution in [2.24, 2.45) is 12.8 Å². The molecule has 1 unspecified atom stereocenters. The van der Waals surface area contributed by atoms with Crippen LogP contribution in [0.5, 0.6) is 0 Å². The molecular weight excluding hydrogens is 300 g/mol. The van der Waals surface area contributed by atoms with Crippen molar-refractivity contribution in [3.63, 3.8) is 0 Å². The Balaban J connectivity index is 0.00000361. The van der Waals surface area contributed by atoms with Gasteiger partial charge < -0.3 is 5.73 Å². The molecular formula is C12H25ClN4O2S. The Morgan fingerprint density at radius 1 is 1.40 bits per heavy atom. The van der Waals surface area contributed by atoms with E-state index in [0.29, 0.717) is 17.9 Å². The summed E-state index contributed by atoms with van der Waals surface area (Å²) < 4.78 is 29.1. The molecule has 1 rings (SSSR count).